The molecule has 0 saturated carbocycles. The lowest BCUT2D eigenvalue weighted by molar-refractivity contribution is -0.0821. The second-order valence-electron chi connectivity index (χ2n) is 5.84. The maximum Gasteiger partial charge on any atom is 0.247 e. The lowest BCUT2D eigenvalue weighted by atomic mass is 10.2. The number of nitrogens with zero attached hydrogens (tertiary/aromatic N) is 3. The minimum absolute atomic E-state index is 0.0770. The highest BCUT2D eigenvalue weighted by Gasteiger charge is 2.28. The number of nitrogens with one attached hydrogen (secondary N) is 1. The highest BCUT2D eigenvalue weighted by atomic mass is 32.2. The number of benzene rings is 1. The third-order valence-electron chi connectivity index (χ3n) is 3.82. The van der Waals surface area contributed by atoms with E-state index in [0.29, 0.717) is 18.0 Å². The summed E-state index contributed by atoms with van der Waals surface area (Å²) in [5.41, 5.74) is 0.544. The average molecular weight is 352 g/mol. The first-order valence-corrected chi connectivity index (χ1v) is 9.09. The van der Waals surface area contributed by atoms with Crippen LogP contribution in [-0.2, 0) is 14.8 Å². The Morgan fingerprint density at radius 1 is 1.29 bits per heavy atom. The van der Waals surface area contributed by atoms with Crippen molar-refractivity contribution >= 4 is 10.0 Å². The van der Waals surface area contributed by atoms with E-state index in [1.165, 1.54) is 19.2 Å². The van der Waals surface area contributed by atoms with Crippen molar-refractivity contribution in [3.8, 4) is 11.5 Å². The van der Waals surface area contributed by atoms with Gasteiger partial charge in [0.2, 0.25) is 21.8 Å². The second-order valence-corrected chi connectivity index (χ2v) is 7.72. The first-order valence-electron chi connectivity index (χ1n) is 7.60. The Kier molecular flexibility index (Phi) is 4.68. The fourth-order valence-electron chi connectivity index (χ4n) is 2.69. The van der Waals surface area contributed by atoms with E-state index in [2.05, 4.69) is 19.8 Å². The zero-order chi connectivity index (χ0) is 17.3. The molecule has 0 aliphatic carbocycles. The van der Waals surface area contributed by atoms with Crippen molar-refractivity contribution in [1.29, 1.82) is 0 Å². The van der Waals surface area contributed by atoms with E-state index in [-0.39, 0.29) is 23.0 Å². The predicted octanol–water partition coefficient (Wildman–Crippen LogP) is 1.04. The number of likely N-dealkylation sites (N-methyl/N-ethyl adjacent to an activating group) is 1. The number of hydrogen-bond donors (Lipinski definition) is 1. The summed E-state index contributed by atoms with van der Waals surface area (Å²) in [6, 6.07) is 6.37. The molecule has 0 radical (unpaired) electrons. The summed E-state index contributed by atoms with van der Waals surface area (Å²) in [4.78, 5) is 2.28. The molecule has 2 aromatic rings. The molecule has 0 unspecified atom stereocenters. The van der Waals surface area contributed by atoms with Gasteiger partial charge in [-0.3, -0.25) is 0 Å². The van der Waals surface area contributed by atoms with Gasteiger partial charge in [-0.1, -0.05) is 6.07 Å². The molecule has 1 aliphatic heterocycles. The van der Waals surface area contributed by atoms with Crippen LogP contribution in [0.2, 0.25) is 0 Å². The van der Waals surface area contributed by atoms with Gasteiger partial charge in [-0.2, -0.15) is 0 Å². The number of morpholine rings is 1. The monoisotopic (exact) mass is 352 g/mol. The zero-order valence-electron chi connectivity index (χ0n) is 13.8. The van der Waals surface area contributed by atoms with Crippen molar-refractivity contribution < 1.29 is 17.6 Å². The fourth-order valence-corrected chi connectivity index (χ4v) is 3.47. The molecule has 1 fully saturated rings. The Balaban J connectivity index is 1.87. The molecule has 2 heterocycles. The highest BCUT2D eigenvalue weighted by molar-refractivity contribution is 7.89. The van der Waals surface area contributed by atoms with E-state index in [0.717, 1.165) is 6.54 Å². The molecule has 1 aromatic carbocycles. The molecule has 1 N–H and O–H groups in total. The molecular formula is C15H20N4O4S. The number of rotatable bonds is 4. The Morgan fingerprint density at radius 2 is 2.08 bits per heavy atom. The summed E-state index contributed by atoms with van der Waals surface area (Å²) < 4.78 is 37.7. The third kappa shape index (κ3) is 3.48. The normalized spacial score (nSPS) is 22.6. The van der Waals surface area contributed by atoms with Crippen LogP contribution in [0.5, 0.6) is 0 Å². The molecular weight excluding hydrogens is 332 g/mol. The van der Waals surface area contributed by atoms with Crippen LogP contribution in [0, 0.1) is 0 Å². The summed E-state index contributed by atoms with van der Waals surface area (Å²) in [5.74, 6) is 0.660. The molecule has 0 spiro atoms. The van der Waals surface area contributed by atoms with Crippen LogP contribution in [0.4, 0.5) is 0 Å². The van der Waals surface area contributed by atoms with Crippen LogP contribution in [-0.4, -0.2) is 56.8 Å². The van der Waals surface area contributed by atoms with Gasteiger partial charge in [-0.25, -0.2) is 13.1 Å². The molecule has 24 heavy (non-hydrogen) atoms. The van der Waals surface area contributed by atoms with Crippen LogP contribution in [0.3, 0.4) is 0 Å². The fraction of sp³-hybridized carbons (Fsp3) is 0.467. The van der Waals surface area contributed by atoms with Gasteiger partial charge in [0.05, 0.1) is 11.0 Å². The molecule has 8 nitrogen and oxygen atoms in total. The SMILES string of the molecule is CNS(=O)(=O)c1cccc(-c2nnc([C@H]3CN(C)C[C@@H](C)O3)o2)c1. The van der Waals surface area contributed by atoms with E-state index in [1.807, 2.05) is 14.0 Å². The molecule has 9 heteroatoms. The lowest BCUT2D eigenvalue weighted by Crippen LogP contribution is -2.40. The smallest absolute Gasteiger partial charge is 0.247 e. The van der Waals surface area contributed by atoms with Crippen LogP contribution in [0.25, 0.3) is 11.5 Å². The van der Waals surface area contributed by atoms with Crippen LogP contribution < -0.4 is 4.72 Å². The maximum absolute atomic E-state index is 11.9. The topological polar surface area (TPSA) is 97.6 Å². The Morgan fingerprint density at radius 3 is 2.79 bits per heavy atom. The van der Waals surface area contributed by atoms with E-state index in [4.69, 9.17) is 9.15 Å². The molecule has 0 amide bonds. The Labute approximate surface area is 140 Å². The number of ether oxygens (including phenoxy) is 1. The predicted molar refractivity (Wildman–Crippen MR) is 86.8 cm³/mol. The quantitative estimate of drug-likeness (QED) is 0.878. The van der Waals surface area contributed by atoms with Crippen LogP contribution in [0.15, 0.2) is 33.6 Å². The van der Waals surface area contributed by atoms with Gasteiger partial charge < -0.3 is 14.1 Å². The molecule has 1 aliphatic rings. The van der Waals surface area contributed by atoms with Gasteiger partial charge in [-0.15, -0.1) is 10.2 Å². The van der Waals surface area contributed by atoms with Crippen molar-refractivity contribution in [2.75, 3.05) is 27.2 Å². The molecule has 2 atom stereocenters. The highest BCUT2D eigenvalue weighted by Crippen LogP contribution is 2.27. The van der Waals surface area contributed by atoms with Crippen LogP contribution >= 0.6 is 0 Å². The van der Waals surface area contributed by atoms with Crippen molar-refractivity contribution in [3.05, 3.63) is 30.2 Å². The number of sulfonamides is 1. The molecule has 1 saturated heterocycles. The van der Waals surface area contributed by atoms with Crippen LogP contribution in [0.1, 0.15) is 18.9 Å². The Bertz CT molecular complexity index is 810. The summed E-state index contributed by atoms with van der Waals surface area (Å²) in [5, 5.41) is 8.09. The molecule has 1 aromatic heterocycles. The van der Waals surface area contributed by atoms with Gasteiger partial charge in [-0.05, 0) is 39.2 Å². The van der Waals surface area contributed by atoms with Gasteiger partial charge in [0.15, 0.2) is 0 Å². The van der Waals surface area contributed by atoms with Gasteiger partial charge in [0.1, 0.15) is 6.10 Å². The second kappa shape index (κ2) is 6.60. The van der Waals surface area contributed by atoms with Crippen molar-refractivity contribution in [1.82, 2.24) is 19.8 Å². The first kappa shape index (κ1) is 17.0. The maximum atomic E-state index is 11.9. The minimum atomic E-state index is -3.53. The molecule has 3 rings (SSSR count). The summed E-state index contributed by atoms with van der Waals surface area (Å²) in [6.45, 7) is 3.51. The number of hydrogen-bond acceptors (Lipinski definition) is 7. The standard InChI is InChI=1S/C15H20N4O4S/c1-10-8-19(3)9-13(22-10)15-18-17-14(23-15)11-5-4-6-12(7-11)24(20,21)16-2/h4-7,10,13,16H,8-9H2,1-3H3/t10-,13-/m1/s1. The molecule has 130 valence electrons. The lowest BCUT2D eigenvalue weighted by Gasteiger charge is -2.32. The Hall–Kier alpha value is -1.81. The van der Waals surface area contributed by atoms with Gasteiger partial charge in [0.25, 0.3) is 0 Å². The third-order valence-corrected chi connectivity index (χ3v) is 5.23. The van der Waals surface area contributed by atoms with E-state index < -0.39 is 10.0 Å². The summed E-state index contributed by atoms with van der Waals surface area (Å²) in [6.07, 6.45) is -0.211. The van der Waals surface area contributed by atoms with E-state index in [1.54, 1.807) is 12.1 Å². The number of aromatic nitrogens is 2. The minimum Gasteiger partial charge on any atom is -0.418 e. The molecule has 0 bridgehead atoms. The zero-order valence-corrected chi connectivity index (χ0v) is 14.6. The van der Waals surface area contributed by atoms with E-state index >= 15 is 0 Å². The van der Waals surface area contributed by atoms with E-state index in [9.17, 15) is 8.42 Å². The van der Waals surface area contributed by atoms with Crippen molar-refractivity contribution in [3.63, 3.8) is 0 Å². The first-order chi connectivity index (χ1) is 11.4. The summed E-state index contributed by atoms with van der Waals surface area (Å²) >= 11 is 0. The van der Waals surface area contributed by atoms with Crippen molar-refractivity contribution in [2.45, 2.75) is 24.0 Å². The van der Waals surface area contributed by atoms with Gasteiger partial charge in [0, 0.05) is 18.7 Å². The summed E-state index contributed by atoms with van der Waals surface area (Å²) in [7, 11) is -0.153. The van der Waals surface area contributed by atoms with Gasteiger partial charge >= 0.3 is 0 Å². The van der Waals surface area contributed by atoms with Crippen molar-refractivity contribution in [2.24, 2.45) is 0 Å². The largest absolute Gasteiger partial charge is 0.418 e. The average Bonchev–Trinajstić information content (AvgIpc) is 3.04.